The van der Waals surface area contributed by atoms with Crippen LogP contribution in [-0.2, 0) is 26.2 Å². The average molecular weight is 673 g/mol. The first-order valence-electron chi connectivity index (χ1n) is 14.0. The fourth-order valence-corrected chi connectivity index (χ4v) is 6.21. The Hall–Kier alpha value is -3.48. The number of rotatable bonds is 2. The molecule has 8 aromatic carbocycles. The molecule has 0 N–H and O–H groups in total. The Kier molecular flexibility index (Phi) is 10.5. The molecule has 0 aliphatic heterocycles. The predicted octanol–water partition coefficient (Wildman–Crippen LogP) is 5.38. The van der Waals surface area contributed by atoms with E-state index >= 15 is 0 Å². The molecule has 0 bridgehead atoms. The molecule has 43 heavy (non-hydrogen) atoms. The summed E-state index contributed by atoms with van der Waals surface area (Å²) in [5.41, 5.74) is 8.08. The molecule has 0 aromatic heterocycles. The normalized spacial score (nSPS) is 10.5. The molecule has 0 heterocycles. The Bertz CT molecular complexity index is 1990. The van der Waals surface area contributed by atoms with Gasteiger partial charge >= 0.3 is 26.2 Å². The van der Waals surface area contributed by atoms with Crippen LogP contribution in [-0.4, -0.2) is 0 Å². The molecule has 0 saturated heterocycles. The molecule has 8 aromatic rings. The van der Waals surface area contributed by atoms with Crippen LogP contribution in [0.5, 0.6) is 0 Å². The summed E-state index contributed by atoms with van der Waals surface area (Å²) in [5, 5.41) is 10.6. The quantitative estimate of drug-likeness (QED) is 0.217. The largest absolute Gasteiger partial charge is 4.00 e. The van der Waals surface area contributed by atoms with Crippen molar-refractivity contribution < 1.29 is 51.0 Å². The molecule has 0 spiro atoms. The summed E-state index contributed by atoms with van der Waals surface area (Å²) >= 11 is 0. The van der Waals surface area contributed by atoms with Gasteiger partial charge in [0.25, 0.3) is 0 Å². The number of hydrogen-bond donors (Lipinski definition) is 0. The molecule has 0 atom stereocenters. The maximum Gasteiger partial charge on any atom is 4.00 e. The van der Waals surface area contributed by atoms with Crippen LogP contribution in [0.4, 0.5) is 0 Å². The Morgan fingerprint density at radius 2 is 0.721 bits per heavy atom. The minimum absolute atomic E-state index is 0. The maximum atomic E-state index is 2.25. The Balaban J connectivity index is 0.000000184. The molecule has 208 valence electrons. The van der Waals surface area contributed by atoms with Gasteiger partial charge in [-0.1, -0.05) is 189 Å². The molecule has 0 unspecified atom stereocenters. The second-order valence-electron chi connectivity index (χ2n) is 10.6. The van der Waals surface area contributed by atoms with Crippen molar-refractivity contribution in [1.82, 2.24) is 0 Å². The van der Waals surface area contributed by atoms with Gasteiger partial charge in [-0.15, -0.1) is 36.4 Å². The van der Waals surface area contributed by atoms with Crippen LogP contribution in [0.2, 0.25) is 0 Å². The SMILES string of the molecule is Cc1ccc2ccccc2c1-[c-]1ccc2ccccc21.Cc1ccc2ccccc2c1-[c-]1ccc2ccccc21.[Cl-].[Cl-].[Zr+4]. The van der Waals surface area contributed by atoms with Crippen LogP contribution in [0, 0.1) is 13.8 Å². The first kappa shape index (κ1) is 32.4. The number of hydrogen-bond acceptors (Lipinski definition) is 0. The summed E-state index contributed by atoms with van der Waals surface area (Å²) in [6, 6.07) is 52.3. The summed E-state index contributed by atoms with van der Waals surface area (Å²) in [6.45, 7) is 4.40. The monoisotopic (exact) mass is 670 g/mol. The average Bonchev–Trinajstić information content (AvgIpc) is 3.62. The number of halogens is 2. The van der Waals surface area contributed by atoms with Crippen molar-refractivity contribution in [1.29, 1.82) is 0 Å². The van der Waals surface area contributed by atoms with E-state index in [1.807, 2.05) is 0 Å². The molecule has 0 radical (unpaired) electrons. The maximum absolute atomic E-state index is 2.25. The first-order chi connectivity index (χ1) is 19.7. The van der Waals surface area contributed by atoms with Crippen LogP contribution in [0.25, 0.3) is 65.3 Å². The standard InChI is InChI=1S/2C20H15.2ClH.Zr/c2*1-14-10-11-16-7-3-5-9-18(16)20(14)19-13-12-15-6-2-4-8-17(15)19;;;/h2*2-13H,1H3;2*1H;/q2*-1;;;+4/p-2. The van der Waals surface area contributed by atoms with E-state index in [1.54, 1.807) is 0 Å². The van der Waals surface area contributed by atoms with Gasteiger partial charge in [0, 0.05) is 0 Å². The van der Waals surface area contributed by atoms with Crippen molar-refractivity contribution in [3.8, 4) is 22.3 Å². The Morgan fingerprint density at radius 1 is 0.372 bits per heavy atom. The molecule has 3 heteroatoms. The smallest absolute Gasteiger partial charge is 1.00 e. The zero-order valence-electron chi connectivity index (χ0n) is 24.1. The van der Waals surface area contributed by atoms with E-state index < -0.39 is 0 Å². The van der Waals surface area contributed by atoms with Gasteiger partial charge in [0.15, 0.2) is 0 Å². The number of aryl methyl sites for hydroxylation is 2. The van der Waals surface area contributed by atoms with Crippen molar-refractivity contribution in [3.05, 3.63) is 157 Å². The third kappa shape index (κ3) is 6.00. The van der Waals surface area contributed by atoms with Crippen LogP contribution in [0.1, 0.15) is 11.1 Å². The van der Waals surface area contributed by atoms with E-state index in [0.29, 0.717) is 0 Å². The first-order valence-corrected chi connectivity index (χ1v) is 14.0. The molecule has 8 rings (SSSR count). The molecule has 0 aliphatic rings. The summed E-state index contributed by atoms with van der Waals surface area (Å²) in [6.07, 6.45) is 0. The summed E-state index contributed by atoms with van der Waals surface area (Å²) in [5.74, 6) is 0. The van der Waals surface area contributed by atoms with Gasteiger partial charge in [0.2, 0.25) is 0 Å². The topological polar surface area (TPSA) is 0 Å². The fourth-order valence-electron chi connectivity index (χ4n) is 6.21. The van der Waals surface area contributed by atoms with E-state index in [2.05, 4.69) is 159 Å². The summed E-state index contributed by atoms with van der Waals surface area (Å²) in [7, 11) is 0. The van der Waals surface area contributed by atoms with Crippen LogP contribution in [0.3, 0.4) is 0 Å². The molecular weight excluding hydrogens is 643 g/mol. The number of benzene rings is 6. The minimum Gasteiger partial charge on any atom is -1.00 e. The summed E-state index contributed by atoms with van der Waals surface area (Å²) < 4.78 is 0. The van der Waals surface area contributed by atoms with Crippen molar-refractivity contribution in [2.45, 2.75) is 13.8 Å². The second-order valence-corrected chi connectivity index (χ2v) is 10.6. The molecule has 0 amide bonds. The van der Waals surface area contributed by atoms with Crippen LogP contribution >= 0.6 is 0 Å². The zero-order valence-corrected chi connectivity index (χ0v) is 28.1. The van der Waals surface area contributed by atoms with Gasteiger partial charge in [-0.05, 0) is 10.8 Å². The van der Waals surface area contributed by atoms with Crippen molar-refractivity contribution in [2.75, 3.05) is 0 Å². The second kappa shape index (κ2) is 13.9. The minimum atomic E-state index is 0. The van der Waals surface area contributed by atoms with Crippen molar-refractivity contribution in [3.63, 3.8) is 0 Å². The third-order valence-electron chi connectivity index (χ3n) is 8.17. The van der Waals surface area contributed by atoms with Crippen LogP contribution in [0.15, 0.2) is 146 Å². The summed E-state index contributed by atoms with van der Waals surface area (Å²) in [4.78, 5) is 0. The Morgan fingerprint density at radius 3 is 1.14 bits per heavy atom. The predicted molar refractivity (Wildman–Crippen MR) is 174 cm³/mol. The van der Waals surface area contributed by atoms with Crippen LogP contribution < -0.4 is 24.8 Å². The molecular formula is C40H30Cl2Zr. The third-order valence-corrected chi connectivity index (χ3v) is 8.17. The van der Waals surface area contributed by atoms with Gasteiger partial charge in [0.05, 0.1) is 0 Å². The number of fused-ring (bicyclic) bond motifs is 4. The van der Waals surface area contributed by atoms with Crippen molar-refractivity contribution >= 4 is 43.1 Å². The zero-order chi connectivity index (χ0) is 27.1. The van der Waals surface area contributed by atoms with E-state index in [4.69, 9.17) is 0 Å². The van der Waals surface area contributed by atoms with E-state index in [0.717, 1.165) is 0 Å². The van der Waals surface area contributed by atoms with Gasteiger partial charge in [-0.2, -0.15) is 0 Å². The fraction of sp³-hybridized carbons (Fsp3) is 0.0500. The van der Waals surface area contributed by atoms with Gasteiger partial charge in [0.1, 0.15) is 0 Å². The molecule has 0 nitrogen and oxygen atoms in total. The van der Waals surface area contributed by atoms with Gasteiger partial charge < -0.3 is 24.8 Å². The van der Waals surface area contributed by atoms with E-state index in [-0.39, 0.29) is 51.0 Å². The van der Waals surface area contributed by atoms with E-state index in [9.17, 15) is 0 Å². The molecule has 0 saturated carbocycles. The van der Waals surface area contributed by atoms with Gasteiger partial charge in [-0.3, -0.25) is 0 Å². The van der Waals surface area contributed by atoms with Crippen molar-refractivity contribution in [2.24, 2.45) is 0 Å². The Labute approximate surface area is 285 Å². The molecule has 0 fully saturated rings. The molecule has 0 aliphatic carbocycles. The van der Waals surface area contributed by atoms with Gasteiger partial charge in [-0.25, -0.2) is 0 Å². The van der Waals surface area contributed by atoms with E-state index in [1.165, 1.54) is 76.5 Å².